The maximum absolute atomic E-state index is 11.8. The first-order valence-electron chi connectivity index (χ1n) is 7.86. The highest BCUT2D eigenvalue weighted by Crippen LogP contribution is 2.41. The van der Waals surface area contributed by atoms with Crippen LogP contribution in [0.25, 0.3) is 0 Å². The van der Waals surface area contributed by atoms with E-state index in [1.54, 1.807) is 0 Å². The van der Waals surface area contributed by atoms with Crippen LogP contribution in [0.2, 0.25) is 0 Å². The SMILES string of the molecule is CC(C)(C)C1CCC(NCc2ccccc2)(C(=O)O)CC1. The molecule has 21 heavy (non-hydrogen) atoms. The van der Waals surface area contributed by atoms with Gasteiger partial charge in [0.15, 0.2) is 0 Å². The van der Waals surface area contributed by atoms with Gasteiger partial charge in [-0.05, 0) is 42.6 Å². The Kier molecular flexibility index (Phi) is 4.72. The minimum Gasteiger partial charge on any atom is -0.480 e. The minimum absolute atomic E-state index is 0.268. The molecule has 0 atom stereocenters. The highest BCUT2D eigenvalue weighted by atomic mass is 16.4. The van der Waals surface area contributed by atoms with Gasteiger partial charge in [-0.15, -0.1) is 0 Å². The van der Waals surface area contributed by atoms with Crippen LogP contribution < -0.4 is 5.32 Å². The zero-order valence-corrected chi connectivity index (χ0v) is 13.4. The molecule has 2 rings (SSSR count). The number of hydrogen-bond acceptors (Lipinski definition) is 2. The van der Waals surface area contributed by atoms with Gasteiger partial charge in [0.1, 0.15) is 5.54 Å². The molecule has 0 spiro atoms. The second-order valence-electron chi connectivity index (χ2n) is 7.37. The van der Waals surface area contributed by atoms with Crippen molar-refractivity contribution in [3.63, 3.8) is 0 Å². The van der Waals surface area contributed by atoms with Crippen LogP contribution in [-0.4, -0.2) is 16.6 Å². The summed E-state index contributed by atoms with van der Waals surface area (Å²) in [4.78, 5) is 11.8. The topological polar surface area (TPSA) is 49.3 Å². The molecule has 116 valence electrons. The standard InChI is InChI=1S/C18H27NO2/c1-17(2,3)15-9-11-18(12-10-15,16(20)21)19-13-14-7-5-4-6-8-14/h4-8,15,19H,9-13H2,1-3H3,(H,20,21). The lowest BCUT2D eigenvalue weighted by molar-refractivity contribution is -0.147. The Balaban J connectivity index is 2.01. The Morgan fingerprint density at radius 3 is 2.29 bits per heavy atom. The van der Waals surface area contributed by atoms with Crippen molar-refractivity contribution in [2.75, 3.05) is 0 Å². The molecular formula is C18H27NO2. The predicted molar refractivity (Wildman–Crippen MR) is 85.1 cm³/mol. The molecule has 1 aliphatic rings. The summed E-state index contributed by atoms with van der Waals surface area (Å²) in [6, 6.07) is 10.0. The van der Waals surface area contributed by atoms with Gasteiger partial charge in [-0.2, -0.15) is 0 Å². The van der Waals surface area contributed by atoms with E-state index in [9.17, 15) is 9.90 Å². The van der Waals surface area contributed by atoms with Gasteiger partial charge < -0.3 is 5.11 Å². The van der Waals surface area contributed by atoms with Crippen molar-refractivity contribution in [3.05, 3.63) is 35.9 Å². The third-order valence-electron chi connectivity index (χ3n) is 4.95. The average molecular weight is 289 g/mol. The lowest BCUT2D eigenvalue weighted by atomic mass is 9.67. The van der Waals surface area contributed by atoms with E-state index in [0.29, 0.717) is 12.5 Å². The van der Waals surface area contributed by atoms with Gasteiger partial charge in [0.2, 0.25) is 0 Å². The molecule has 3 nitrogen and oxygen atoms in total. The number of carboxylic acid groups (broad SMARTS) is 1. The first-order chi connectivity index (χ1) is 9.83. The van der Waals surface area contributed by atoms with Crippen molar-refractivity contribution in [1.82, 2.24) is 5.32 Å². The summed E-state index contributed by atoms with van der Waals surface area (Å²) in [5, 5.41) is 13.0. The lowest BCUT2D eigenvalue weighted by Gasteiger charge is -2.42. The van der Waals surface area contributed by atoms with Gasteiger partial charge in [-0.25, -0.2) is 0 Å². The number of rotatable bonds is 4. The predicted octanol–water partition coefficient (Wildman–Crippen LogP) is 3.84. The molecule has 0 heterocycles. The van der Waals surface area contributed by atoms with Gasteiger partial charge in [0, 0.05) is 6.54 Å². The van der Waals surface area contributed by atoms with Crippen LogP contribution in [0.15, 0.2) is 30.3 Å². The minimum atomic E-state index is -0.752. The third kappa shape index (κ3) is 3.85. The zero-order chi connectivity index (χ0) is 15.5. The molecular weight excluding hydrogens is 262 g/mol. The van der Waals surface area contributed by atoms with Crippen LogP contribution in [0, 0.1) is 11.3 Å². The summed E-state index contributed by atoms with van der Waals surface area (Å²) >= 11 is 0. The molecule has 1 aliphatic carbocycles. The first kappa shape index (κ1) is 16.0. The molecule has 0 radical (unpaired) electrons. The van der Waals surface area contributed by atoms with Crippen molar-refractivity contribution in [1.29, 1.82) is 0 Å². The largest absolute Gasteiger partial charge is 0.480 e. The monoisotopic (exact) mass is 289 g/mol. The second kappa shape index (κ2) is 6.18. The van der Waals surface area contributed by atoms with E-state index >= 15 is 0 Å². The molecule has 1 fully saturated rings. The fourth-order valence-electron chi connectivity index (χ4n) is 3.31. The van der Waals surface area contributed by atoms with Crippen LogP contribution in [-0.2, 0) is 11.3 Å². The van der Waals surface area contributed by atoms with Crippen LogP contribution in [0.4, 0.5) is 0 Å². The molecule has 0 aromatic heterocycles. The summed E-state index contributed by atoms with van der Waals surface area (Å²) in [5.74, 6) is -0.0886. The normalized spacial score (nSPS) is 26.5. The molecule has 1 aromatic rings. The van der Waals surface area contributed by atoms with Gasteiger partial charge in [0.25, 0.3) is 0 Å². The molecule has 0 bridgehead atoms. The van der Waals surface area contributed by atoms with E-state index in [1.165, 1.54) is 0 Å². The number of carbonyl (C=O) groups is 1. The average Bonchev–Trinajstić information content (AvgIpc) is 2.45. The Hall–Kier alpha value is -1.35. The quantitative estimate of drug-likeness (QED) is 0.885. The highest BCUT2D eigenvalue weighted by Gasteiger charge is 2.43. The van der Waals surface area contributed by atoms with E-state index in [-0.39, 0.29) is 5.41 Å². The van der Waals surface area contributed by atoms with Crippen molar-refractivity contribution >= 4 is 5.97 Å². The summed E-state index contributed by atoms with van der Waals surface area (Å²) < 4.78 is 0. The van der Waals surface area contributed by atoms with Crippen molar-refractivity contribution in [2.45, 2.75) is 58.5 Å². The Morgan fingerprint density at radius 1 is 1.24 bits per heavy atom. The van der Waals surface area contributed by atoms with Crippen LogP contribution >= 0.6 is 0 Å². The van der Waals surface area contributed by atoms with Gasteiger partial charge in [-0.1, -0.05) is 51.1 Å². The van der Waals surface area contributed by atoms with Crippen molar-refractivity contribution in [2.24, 2.45) is 11.3 Å². The van der Waals surface area contributed by atoms with Gasteiger partial charge >= 0.3 is 5.97 Å². The smallest absolute Gasteiger partial charge is 0.323 e. The number of hydrogen-bond donors (Lipinski definition) is 2. The number of nitrogens with one attached hydrogen (secondary N) is 1. The molecule has 1 saturated carbocycles. The summed E-state index contributed by atoms with van der Waals surface area (Å²) in [6.45, 7) is 7.38. The molecule has 2 N–H and O–H groups in total. The van der Waals surface area contributed by atoms with Gasteiger partial charge in [-0.3, -0.25) is 10.1 Å². The molecule has 0 saturated heterocycles. The Morgan fingerprint density at radius 2 is 1.81 bits per heavy atom. The fraction of sp³-hybridized carbons (Fsp3) is 0.611. The molecule has 3 heteroatoms. The molecule has 0 unspecified atom stereocenters. The summed E-state index contributed by atoms with van der Waals surface area (Å²) in [7, 11) is 0. The van der Waals surface area contributed by atoms with E-state index in [0.717, 1.165) is 31.2 Å². The van der Waals surface area contributed by atoms with Crippen molar-refractivity contribution in [3.8, 4) is 0 Å². The molecule has 0 aliphatic heterocycles. The van der Waals surface area contributed by atoms with E-state index in [4.69, 9.17) is 0 Å². The van der Waals surface area contributed by atoms with E-state index < -0.39 is 11.5 Å². The van der Waals surface area contributed by atoms with Crippen LogP contribution in [0.1, 0.15) is 52.0 Å². The number of carboxylic acids is 1. The Labute approximate surface area is 127 Å². The van der Waals surface area contributed by atoms with Crippen LogP contribution in [0.5, 0.6) is 0 Å². The highest BCUT2D eigenvalue weighted by molar-refractivity contribution is 5.79. The van der Waals surface area contributed by atoms with Crippen LogP contribution in [0.3, 0.4) is 0 Å². The Bertz CT molecular complexity index is 468. The summed E-state index contributed by atoms with van der Waals surface area (Å²) in [5.41, 5.74) is 0.651. The third-order valence-corrected chi connectivity index (χ3v) is 4.95. The van der Waals surface area contributed by atoms with E-state index in [1.807, 2.05) is 30.3 Å². The van der Waals surface area contributed by atoms with E-state index in [2.05, 4.69) is 26.1 Å². The summed E-state index contributed by atoms with van der Waals surface area (Å²) in [6.07, 6.45) is 3.41. The molecule has 0 amide bonds. The first-order valence-corrected chi connectivity index (χ1v) is 7.86. The lowest BCUT2D eigenvalue weighted by Crippen LogP contribution is -2.54. The van der Waals surface area contributed by atoms with Gasteiger partial charge in [0.05, 0.1) is 0 Å². The molecule has 1 aromatic carbocycles. The second-order valence-corrected chi connectivity index (χ2v) is 7.37. The number of aliphatic carboxylic acids is 1. The maximum atomic E-state index is 11.8. The maximum Gasteiger partial charge on any atom is 0.323 e. The zero-order valence-electron chi connectivity index (χ0n) is 13.4. The van der Waals surface area contributed by atoms with Crippen molar-refractivity contribution < 1.29 is 9.90 Å². The number of benzene rings is 1. The fourth-order valence-corrected chi connectivity index (χ4v) is 3.31.